The number of hydrogen-bond donors (Lipinski definition) is 0. The number of carbonyl (C=O) groups is 1. The highest BCUT2D eigenvalue weighted by atomic mass is 35.5. The molecule has 2 atom stereocenters. The van der Waals surface area contributed by atoms with E-state index in [2.05, 4.69) is 4.99 Å². The van der Waals surface area contributed by atoms with E-state index in [1.165, 1.54) is 11.0 Å². The lowest BCUT2D eigenvalue weighted by atomic mass is 10.1. The van der Waals surface area contributed by atoms with Gasteiger partial charge >= 0.3 is 6.18 Å². The first kappa shape index (κ1) is 21.4. The van der Waals surface area contributed by atoms with Crippen LogP contribution < -0.4 is 4.90 Å². The standard InChI is InChI=1S/C17H18ClF3N2O3S2/c1-2-3-4-15(24)22-16-23(13-8-28(25,26)9-14(13)27-16)10-5-6-12(18)11(7-10)17(19,20)21/h5-7,13-14H,2-4,8-9H2,1H3/t13-,14+/m0/s1. The first-order valence-electron chi connectivity index (χ1n) is 8.66. The van der Waals surface area contributed by atoms with Gasteiger partial charge < -0.3 is 4.90 Å². The number of carbonyl (C=O) groups excluding carboxylic acids is 1. The van der Waals surface area contributed by atoms with Gasteiger partial charge in [-0.25, -0.2) is 8.42 Å². The topological polar surface area (TPSA) is 66.8 Å². The third-order valence-electron chi connectivity index (χ3n) is 4.56. The molecule has 11 heteroatoms. The number of aliphatic imine (C=N–C) groups is 1. The first-order chi connectivity index (χ1) is 13.0. The van der Waals surface area contributed by atoms with Crippen molar-refractivity contribution in [2.45, 2.75) is 43.7 Å². The minimum atomic E-state index is -4.66. The summed E-state index contributed by atoms with van der Waals surface area (Å²) in [5.74, 6) is -0.667. The number of rotatable bonds is 4. The third-order valence-corrected chi connectivity index (χ3v) is 8.10. The lowest BCUT2D eigenvalue weighted by Gasteiger charge is -2.25. The number of anilines is 1. The second-order valence-corrected chi connectivity index (χ2v) is 10.5. The molecular formula is C17H18ClF3N2O3S2. The van der Waals surface area contributed by atoms with Crippen molar-refractivity contribution in [2.24, 2.45) is 4.99 Å². The van der Waals surface area contributed by atoms with Crippen LogP contribution in [0.3, 0.4) is 0 Å². The minimum absolute atomic E-state index is 0.0965. The van der Waals surface area contributed by atoms with E-state index in [1.54, 1.807) is 0 Å². The number of nitrogens with zero attached hydrogens (tertiary/aromatic N) is 2. The molecule has 28 heavy (non-hydrogen) atoms. The van der Waals surface area contributed by atoms with Crippen molar-refractivity contribution >= 4 is 50.0 Å². The van der Waals surface area contributed by atoms with E-state index in [1.807, 2.05) is 6.92 Å². The van der Waals surface area contributed by atoms with Crippen LogP contribution >= 0.6 is 23.4 Å². The Kier molecular flexibility index (Phi) is 6.03. The van der Waals surface area contributed by atoms with Gasteiger partial charge in [0.2, 0.25) is 5.91 Å². The molecule has 5 nitrogen and oxygen atoms in total. The number of alkyl halides is 3. The lowest BCUT2D eigenvalue weighted by molar-refractivity contribution is -0.137. The van der Waals surface area contributed by atoms with Crippen LogP contribution in [0.15, 0.2) is 23.2 Å². The summed E-state index contributed by atoms with van der Waals surface area (Å²) in [7, 11) is -3.31. The van der Waals surface area contributed by atoms with Gasteiger partial charge in [0.25, 0.3) is 0 Å². The van der Waals surface area contributed by atoms with Crippen molar-refractivity contribution in [3.05, 3.63) is 28.8 Å². The maximum absolute atomic E-state index is 13.3. The molecule has 1 amide bonds. The van der Waals surface area contributed by atoms with Crippen LogP contribution in [-0.4, -0.2) is 42.3 Å². The highest BCUT2D eigenvalue weighted by Crippen LogP contribution is 2.43. The molecule has 2 saturated heterocycles. The summed E-state index contributed by atoms with van der Waals surface area (Å²) in [6, 6.07) is 2.81. The summed E-state index contributed by atoms with van der Waals surface area (Å²) in [4.78, 5) is 17.6. The Labute approximate surface area is 170 Å². The number of sulfone groups is 1. The van der Waals surface area contributed by atoms with Crippen LogP contribution in [0.1, 0.15) is 31.7 Å². The van der Waals surface area contributed by atoms with E-state index < -0.39 is 32.6 Å². The Morgan fingerprint density at radius 1 is 1.36 bits per heavy atom. The van der Waals surface area contributed by atoms with Gasteiger partial charge in [-0.2, -0.15) is 18.2 Å². The predicted molar refractivity (Wildman–Crippen MR) is 105 cm³/mol. The lowest BCUT2D eigenvalue weighted by Crippen LogP contribution is -2.37. The van der Waals surface area contributed by atoms with Crippen molar-refractivity contribution in [3.63, 3.8) is 0 Å². The SMILES string of the molecule is CCCCC(=O)N=C1S[C@@H]2CS(=O)(=O)C[C@@H]2N1c1ccc(Cl)c(C(F)(F)F)c1. The smallest absolute Gasteiger partial charge is 0.316 e. The first-order valence-corrected chi connectivity index (χ1v) is 11.7. The van der Waals surface area contributed by atoms with E-state index in [9.17, 15) is 26.4 Å². The molecule has 0 aliphatic carbocycles. The van der Waals surface area contributed by atoms with Crippen LogP contribution in [0.25, 0.3) is 0 Å². The molecule has 0 N–H and O–H groups in total. The molecule has 2 aliphatic heterocycles. The van der Waals surface area contributed by atoms with Gasteiger partial charge in [0.15, 0.2) is 15.0 Å². The summed E-state index contributed by atoms with van der Waals surface area (Å²) in [6.45, 7) is 1.93. The zero-order valence-electron chi connectivity index (χ0n) is 14.9. The van der Waals surface area contributed by atoms with Crippen molar-refractivity contribution < 1.29 is 26.4 Å². The average Bonchev–Trinajstić information content (AvgIpc) is 3.03. The fourth-order valence-electron chi connectivity index (χ4n) is 3.24. The van der Waals surface area contributed by atoms with Crippen LogP contribution in [0.2, 0.25) is 5.02 Å². The van der Waals surface area contributed by atoms with Gasteiger partial charge in [-0.15, -0.1) is 0 Å². The van der Waals surface area contributed by atoms with Crippen molar-refractivity contribution in [2.75, 3.05) is 16.4 Å². The van der Waals surface area contributed by atoms with E-state index in [-0.39, 0.29) is 39.9 Å². The molecule has 2 heterocycles. The van der Waals surface area contributed by atoms with Crippen molar-refractivity contribution in [1.82, 2.24) is 0 Å². The van der Waals surface area contributed by atoms with Crippen LogP contribution in [-0.2, 0) is 20.8 Å². The van der Waals surface area contributed by atoms with Crippen LogP contribution in [0, 0.1) is 0 Å². The average molecular weight is 455 g/mol. The molecule has 0 aromatic heterocycles. The second kappa shape index (κ2) is 7.87. The third kappa shape index (κ3) is 4.49. The summed E-state index contributed by atoms with van der Waals surface area (Å²) in [6.07, 6.45) is -2.96. The fourth-order valence-corrected chi connectivity index (χ4v) is 7.39. The van der Waals surface area contributed by atoms with Crippen molar-refractivity contribution in [1.29, 1.82) is 0 Å². The minimum Gasteiger partial charge on any atom is -0.316 e. The zero-order chi connectivity index (χ0) is 20.7. The van der Waals surface area contributed by atoms with Crippen LogP contribution in [0.5, 0.6) is 0 Å². The molecule has 1 aromatic carbocycles. The molecule has 0 unspecified atom stereocenters. The van der Waals surface area contributed by atoms with E-state index >= 15 is 0 Å². The molecule has 2 aliphatic rings. The number of thioether (sulfide) groups is 1. The molecule has 3 rings (SSSR count). The van der Waals surface area contributed by atoms with Gasteiger partial charge in [0, 0.05) is 17.4 Å². The maximum atomic E-state index is 13.3. The number of unbranched alkanes of at least 4 members (excludes halogenated alkanes) is 1. The maximum Gasteiger partial charge on any atom is 0.417 e. The Morgan fingerprint density at radius 2 is 2.07 bits per heavy atom. The van der Waals surface area contributed by atoms with Gasteiger partial charge in [-0.05, 0) is 24.6 Å². The van der Waals surface area contributed by atoms with E-state index in [0.29, 0.717) is 6.42 Å². The number of amides is 1. The van der Waals surface area contributed by atoms with Crippen LogP contribution in [0.4, 0.5) is 18.9 Å². The zero-order valence-corrected chi connectivity index (χ0v) is 17.3. The predicted octanol–water partition coefficient (Wildman–Crippen LogP) is 4.15. The largest absolute Gasteiger partial charge is 0.417 e. The number of benzene rings is 1. The molecule has 0 spiro atoms. The molecule has 2 fully saturated rings. The number of halogens is 4. The molecule has 0 bridgehead atoms. The molecule has 0 radical (unpaired) electrons. The summed E-state index contributed by atoms with van der Waals surface area (Å²) in [5.41, 5.74) is -0.895. The fraction of sp³-hybridized carbons (Fsp3) is 0.529. The van der Waals surface area contributed by atoms with Gasteiger partial charge in [0.05, 0.1) is 28.1 Å². The number of fused-ring (bicyclic) bond motifs is 1. The molecule has 0 saturated carbocycles. The summed E-state index contributed by atoms with van der Waals surface area (Å²) < 4.78 is 63.8. The Balaban J connectivity index is 2.02. The van der Waals surface area contributed by atoms with Gasteiger partial charge in [0.1, 0.15) is 0 Å². The quantitative estimate of drug-likeness (QED) is 0.683. The van der Waals surface area contributed by atoms with Gasteiger partial charge in [-0.3, -0.25) is 4.79 Å². The second-order valence-electron chi connectivity index (χ2n) is 6.72. The molecular weight excluding hydrogens is 437 g/mol. The Bertz CT molecular complexity index is 919. The summed E-state index contributed by atoms with van der Waals surface area (Å²) >= 11 is 6.83. The number of hydrogen-bond acceptors (Lipinski definition) is 4. The summed E-state index contributed by atoms with van der Waals surface area (Å²) in [5, 5.41) is -0.592. The normalized spacial score (nSPS) is 25.3. The highest BCUT2D eigenvalue weighted by Gasteiger charge is 2.49. The molecule has 1 aromatic rings. The van der Waals surface area contributed by atoms with E-state index in [0.717, 1.165) is 30.3 Å². The number of amidine groups is 1. The Hall–Kier alpha value is -1.26. The van der Waals surface area contributed by atoms with Gasteiger partial charge in [-0.1, -0.05) is 36.7 Å². The highest BCUT2D eigenvalue weighted by molar-refractivity contribution is 8.16. The Morgan fingerprint density at radius 3 is 2.71 bits per heavy atom. The van der Waals surface area contributed by atoms with E-state index in [4.69, 9.17) is 11.6 Å². The molecule has 154 valence electrons. The van der Waals surface area contributed by atoms with Crippen molar-refractivity contribution in [3.8, 4) is 0 Å². The monoisotopic (exact) mass is 454 g/mol.